The van der Waals surface area contributed by atoms with Crippen molar-refractivity contribution in [2.45, 2.75) is 12.8 Å². The standard InChI is InChI=1S/C19H17N4O2/c1-22-9-3-5-14-16(22)20-18(24-14)12-7-8-13(11-12)19-21-17-15(25-19)6-4-10-23(17)2/h3-6,9-11H,7-8H2,1-2H3/q+1. The van der Waals surface area contributed by atoms with Gasteiger partial charge in [-0.3, -0.25) is 0 Å². The molecular formula is C19H17N4O2+. The minimum Gasteiger partial charge on any atom is -0.435 e. The van der Waals surface area contributed by atoms with Gasteiger partial charge in [0.15, 0.2) is 11.2 Å². The molecule has 124 valence electrons. The van der Waals surface area contributed by atoms with Crippen molar-refractivity contribution in [3.63, 3.8) is 0 Å². The number of pyridine rings is 1. The Hall–Kier alpha value is -3.15. The first-order valence-corrected chi connectivity index (χ1v) is 8.26. The van der Waals surface area contributed by atoms with Gasteiger partial charge < -0.3 is 13.7 Å². The van der Waals surface area contributed by atoms with Crippen molar-refractivity contribution in [2.75, 3.05) is 11.9 Å². The Labute approximate surface area is 143 Å². The van der Waals surface area contributed by atoms with Crippen LogP contribution in [0.4, 0.5) is 5.82 Å². The smallest absolute Gasteiger partial charge is 0.370 e. The number of anilines is 1. The summed E-state index contributed by atoms with van der Waals surface area (Å²) in [6.07, 6.45) is 11.7. The molecule has 1 aliphatic heterocycles. The van der Waals surface area contributed by atoms with Crippen LogP contribution in [0.2, 0.25) is 0 Å². The van der Waals surface area contributed by atoms with E-state index in [1.54, 1.807) is 0 Å². The van der Waals surface area contributed by atoms with E-state index in [0.29, 0.717) is 11.4 Å². The maximum Gasteiger partial charge on any atom is 0.370 e. The van der Waals surface area contributed by atoms with Crippen LogP contribution in [-0.2, 0) is 7.05 Å². The van der Waals surface area contributed by atoms with Gasteiger partial charge >= 0.3 is 11.5 Å². The molecule has 0 fully saturated rings. The van der Waals surface area contributed by atoms with E-state index in [-0.39, 0.29) is 0 Å². The van der Waals surface area contributed by atoms with Crippen molar-refractivity contribution in [2.24, 2.45) is 7.05 Å². The van der Waals surface area contributed by atoms with Gasteiger partial charge in [0.2, 0.25) is 11.1 Å². The Balaban J connectivity index is 1.60. The van der Waals surface area contributed by atoms with Gasteiger partial charge in [0.05, 0.1) is 13.2 Å². The Bertz CT molecular complexity index is 1180. The van der Waals surface area contributed by atoms with Gasteiger partial charge in [-0.15, -0.1) is 0 Å². The number of aryl methyl sites for hydroxylation is 1. The van der Waals surface area contributed by atoms with Crippen LogP contribution in [-0.4, -0.2) is 17.0 Å². The number of hydrogen-bond donors (Lipinski definition) is 0. The molecule has 0 saturated heterocycles. The molecule has 2 aliphatic rings. The number of aromatic nitrogens is 3. The summed E-state index contributed by atoms with van der Waals surface area (Å²) in [6, 6.07) is 3.89. The van der Waals surface area contributed by atoms with Crippen molar-refractivity contribution in [1.29, 1.82) is 0 Å². The molecule has 0 N–H and O–H groups in total. The van der Waals surface area contributed by atoms with Crippen molar-refractivity contribution in [1.82, 2.24) is 9.97 Å². The monoisotopic (exact) mass is 333 g/mol. The Morgan fingerprint density at radius 1 is 1.20 bits per heavy atom. The first kappa shape index (κ1) is 14.2. The molecule has 0 unspecified atom stereocenters. The fourth-order valence-electron chi connectivity index (χ4n) is 3.27. The SMILES string of the molecule is CN1C=CC=c2o/c(=C3\C=C(c4nc5c(ccc[n+]5C)o4)CC3)nc21. The van der Waals surface area contributed by atoms with E-state index in [1.165, 1.54) is 0 Å². The van der Waals surface area contributed by atoms with Crippen LogP contribution in [0.25, 0.3) is 28.5 Å². The number of oxazole rings is 2. The lowest BCUT2D eigenvalue weighted by molar-refractivity contribution is -0.646. The molecule has 0 radical (unpaired) electrons. The van der Waals surface area contributed by atoms with E-state index < -0.39 is 0 Å². The van der Waals surface area contributed by atoms with Crippen LogP contribution >= 0.6 is 0 Å². The second-order valence-electron chi connectivity index (χ2n) is 6.35. The van der Waals surface area contributed by atoms with E-state index >= 15 is 0 Å². The number of nitrogens with zero attached hydrogens (tertiary/aromatic N) is 4. The van der Waals surface area contributed by atoms with Crippen molar-refractivity contribution < 1.29 is 13.4 Å². The Morgan fingerprint density at radius 2 is 2.12 bits per heavy atom. The minimum absolute atomic E-state index is 0.675. The average Bonchev–Trinajstić information content (AvgIpc) is 3.32. The predicted octanol–water partition coefficient (Wildman–Crippen LogP) is 1.41. The van der Waals surface area contributed by atoms with Gasteiger partial charge in [-0.25, -0.2) is 4.57 Å². The Kier molecular flexibility index (Phi) is 2.94. The zero-order valence-corrected chi connectivity index (χ0v) is 14.1. The molecule has 0 bridgehead atoms. The maximum absolute atomic E-state index is 5.93. The van der Waals surface area contributed by atoms with Gasteiger partial charge in [-0.2, -0.15) is 4.98 Å². The van der Waals surface area contributed by atoms with Crippen molar-refractivity contribution in [3.05, 3.63) is 53.5 Å². The van der Waals surface area contributed by atoms with Gasteiger partial charge in [0, 0.05) is 29.4 Å². The summed E-state index contributed by atoms with van der Waals surface area (Å²) >= 11 is 0. The zero-order chi connectivity index (χ0) is 17.0. The van der Waals surface area contributed by atoms with Crippen LogP contribution in [0.3, 0.4) is 0 Å². The van der Waals surface area contributed by atoms with Crippen LogP contribution in [0.1, 0.15) is 18.7 Å². The zero-order valence-electron chi connectivity index (χ0n) is 14.1. The number of allylic oxidation sites excluding steroid dienone is 3. The van der Waals surface area contributed by atoms with Crippen molar-refractivity contribution in [3.8, 4) is 0 Å². The largest absolute Gasteiger partial charge is 0.435 e. The molecule has 0 aromatic carbocycles. The highest BCUT2D eigenvalue weighted by Crippen LogP contribution is 2.32. The third kappa shape index (κ3) is 2.21. The summed E-state index contributed by atoms with van der Waals surface area (Å²) in [5, 5.41) is 0. The second kappa shape index (κ2) is 5.17. The van der Waals surface area contributed by atoms with Gasteiger partial charge in [-0.05, 0) is 43.2 Å². The number of rotatable bonds is 1. The summed E-state index contributed by atoms with van der Waals surface area (Å²) in [4.78, 5) is 11.2. The third-order valence-electron chi connectivity index (χ3n) is 4.61. The van der Waals surface area contributed by atoms with Crippen LogP contribution < -0.4 is 20.4 Å². The average molecular weight is 333 g/mol. The van der Waals surface area contributed by atoms with E-state index in [9.17, 15) is 0 Å². The molecule has 3 aromatic rings. The highest BCUT2D eigenvalue weighted by atomic mass is 16.4. The normalized spacial score (nSPS) is 18.5. The van der Waals surface area contributed by atoms with E-state index in [1.807, 2.05) is 60.2 Å². The molecule has 3 aromatic heterocycles. The molecule has 0 saturated carbocycles. The fraction of sp³-hybridized carbons (Fsp3) is 0.211. The second-order valence-corrected chi connectivity index (χ2v) is 6.35. The van der Waals surface area contributed by atoms with E-state index in [0.717, 1.165) is 46.5 Å². The first-order valence-electron chi connectivity index (χ1n) is 8.26. The third-order valence-corrected chi connectivity index (χ3v) is 4.61. The number of fused-ring (bicyclic) bond motifs is 2. The molecule has 0 atom stereocenters. The molecule has 0 spiro atoms. The summed E-state index contributed by atoms with van der Waals surface area (Å²) in [5.74, 6) is 1.52. The fourth-order valence-corrected chi connectivity index (χ4v) is 3.27. The minimum atomic E-state index is 0.675. The van der Waals surface area contributed by atoms with Gasteiger partial charge in [0.1, 0.15) is 0 Å². The molecule has 4 heterocycles. The lowest BCUT2D eigenvalue weighted by atomic mass is 10.2. The predicted molar refractivity (Wildman–Crippen MR) is 93.6 cm³/mol. The molecule has 5 rings (SSSR count). The quantitative estimate of drug-likeness (QED) is 0.630. The topological polar surface area (TPSA) is 59.2 Å². The van der Waals surface area contributed by atoms with Crippen LogP contribution in [0.5, 0.6) is 0 Å². The summed E-state index contributed by atoms with van der Waals surface area (Å²) in [6.45, 7) is 0. The highest BCUT2D eigenvalue weighted by molar-refractivity contribution is 5.80. The van der Waals surface area contributed by atoms with Gasteiger partial charge in [-0.1, -0.05) is 0 Å². The molecule has 0 amide bonds. The van der Waals surface area contributed by atoms with Crippen LogP contribution in [0, 0.1) is 0 Å². The summed E-state index contributed by atoms with van der Waals surface area (Å²) < 4.78 is 13.8. The van der Waals surface area contributed by atoms with Gasteiger partial charge in [0.25, 0.3) is 0 Å². The summed E-state index contributed by atoms with van der Waals surface area (Å²) in [5.41, 5.74) is 5.27. The number of hydrogen-bond acceptors (Lipinski definition) is 5. The van der Waals surface area contributed by atoms with E-state index in [4.69, 9.17) is 8.83 Å². The van der Waals surface area contributed by atoms with Crippen LogP contribution in [0.15, 0.2) is 45.5 Å². The molecule has 6 heteroatoms. The molecule has 25 heavy (non-hydrogen) atoms. The lowest BCUT2D eigenvalue weighted by Crippen LogP contribution is -2.28. The molecular weight excluding hydrogens is 316 g/mol. The molecule has 6 nitrogen and oxygen atoms in total. The molecule has 1 aliphatic carbocycles. The highest BCUT2D eigenvalue weighted by Gasteiger charge is 2.24. The summed E-state index contributed by atoms with van der Waals surface area (Å²) in [7, 11) is 3.93. The lowest BCUT2D eigenvalue weighted by Gasteiger charge is -2.10. The van der Waals surface area contributed by atoms with Crippen molar-refractivity contribution >= 4 is 34.3 Å². The maximum atomic E-state index is 5.93. The Morgan fingerprint density at radius 3 is 2.96 bits per heavy atom. The first-order chi connectivity index (χ1) is 12.2. The van der Waals surface area contributed by atoms with E-state index in [2.05, 4.69) is 16.0 Å².